The van der Waals surface area contributed by atoms with Crippen LogP contribution >= 0.6 is 0 Å². The number of nitrogens with one attached hydrogen (secondary N) is 1. The van der Waals surface area contributed by atoms with Crippen molar-refractivity contribution in [3.8, 4) is 0 Å². The maximum absolute atomic E-state index is 12.1. The Hall–Kier alpha value is -0.770. The lowest BCUT2D eigenvalue weighted by Crippen LogP contribution is -2.39. The molecule has 22 heavy (non-hydrogen) atoms. The summed E-state index contributed by atoms with van der Waals surface area (Å²) in [5.41, 5.74) is -0.398. The molecule has 128 valence electrons. The molecule has 2 rings (SSSR count). The van der Waals surface area contributed by atoms with Crippen molar-refractivity contribution < 1.29 is 9.53 Å². The number of hydrogen-bond acceptors (Lipinski definition) is 3. The van der Waals surface area contributed by atoms with Gasteiger partial charge in [0.2, 0.25) is 0 Å². The van der Waals surface area contributed by atoms with Gasteiger partial charge in [0, 0.05) is 19.1 Å². The van der Waals surface area contributed by atoms with Crippen molar-refractivity contribution in [3.63, 3.8) is 0 Å². The van der Waals surface area contributed by atoms with Crippen molar-refractivity contribution in [2.24, 2.45) is 11.8 Å². The highest BCUT2D eigenvalue weighted by molar-refractivity contribution is 5.68. The second-order valence-electron chi connectivity index (χ2n) is 8.13. The Morgan fingerprint density at radius 3 is 2.68 bits per heavy atom. The van der Waals surface area contributed by atoms with E-state index in [2.05, 4.69) is 12.2 Å². The molecule has 3 unspecified atom stereocenters. The topological polar surface area (TPSA) is 41.6 Å². The van der Waals surface area contributed by atoms with Crippen LogP contribution in [0.15, 0.2) is 0 Å². The van der Waals surface area contributed by atoms with E-state index in [0.717, 1.165) is 32.0 Å². The number of likely N-dealkylation sites (tertiary alicyclic amines) is 1. The highest BCUT2D eigenvalue weighted by Crippen LogP contribution is 2.27. The molecular weight excluding hydrogens is 276 g/mol. The van der Waals surface area contributed by atoms with Crippen LogP contribution in [0.25, 0.3) is 0 Å². The maximum atomic E-state index is 12.1. The molecule has 2 fully saturated rings. The van der Waals surface area contributed by atoms with Gasteiger partial charge in [0.25, 0.3) is 0 Å². The van der Waals surface area contributed by atoms with E-state index in [0.29, 0.717) is 12.0 Å². The number of nitrogens with zero attached hydrogens (tertiary/aromatic N) is 1. The molecule has 0 spiro atoms. The Morgan fingerprint density at radius 1 is 1.23 bits per heavy atom. The first-order chi connectivity index (χ1) is 10.4. The number of ether oxygens (including phenoxy) is 1. The molecule has 4 heteroatoms. The normalized spacial score (nSPS) is 29.6. The van der Waals surface area contributed by atoms with Gasteiger partial charge in [-0.1, -0.05) is 26.2 Å². The van der Waals surface area contributed by atoms with Crippen LogP contribution in [-0.4, -0.2) is 42.3 Å². The van der Waals surface area contributed by atoms with Gasteiger partial charge >= 0.3 is 6.09 Å². The fourth-order valence-corrected chi connectivity index (χ4v) is 3.67. The van der Waals surface area contributed by atoms with E-state index >= 15 is 0 Å². The van der Waals surface area contributed by atoms with E-state index in [-0.39, 0.29) is 6.09 Å². The Morgan fingerprint density at radius 2 is 2.00 bits per heavy atom. The lowest BCUT2D eigenvalue weighted by atomic mass is 9.84. The summed E-state index contributed by atoms with van der Waals surface area (Å²) >= 11 is 0. The van der Waals surface area contributed by atoms with Crippen molar-refractivity contribution in [2.45, 2.75) is 77.9 Å². The summed E-state index contributed by atoms with van der Waals surface area (Å²) in [6.07, 6.45) is 7.68. The van der Waals surface area contributed by atoms with Gasteiger partial charge in [-0.05, 0) is 58.4 Å². The monoisotopic (exact) mass is 310 g/mol. The summed E-state index contributed by atoms with van der Waals surface area (Å²) in [5.74, 6) is 1.49. The zero-order valence-corrected chi connectivity index (χ0v) is 14.9. The molecule has 0 aromatic rings. The molecule has 0 bridgehead atoms. The van der Waals surface area contributed by atoms with Crippen LogP contribution in [0.4, 0.5) is 4.79 Å². The van der Waals surface area contributed by atoms with Gasteiger partial charge in [-0.3, -0.25) is 0 Å². The number of rotatable bonds is 4. The molecule has 3 atom stereocenters. The first-order valence-corrected chi connectivity index (χ1v) is 9.08. The zero-order valence-electron chi connectivity index (χ0n) is 14.9. The predicted octanol–water partition coefficient (Wildman–Crippen LogP) is 3.80. The number of hydrogen-bond donors (Lipinski definition) is 1. The van der Waals surface area contributed by atoms with Gasteiger partial charge in [0.1, 0.15) is 5.60 Å². The third-order valence-electron chi connectivity index (χ3n) is 4.99. The number of carbonyl (C=O) groups is 1. The summed E-state index contributed by atoms with van der Waals surface area (Å²) in [7, 11) is 0. The average molecular weight is 310 g/mol. The zero-order chi connectivity index (χ0) is 16.2. The third-order valence-corrected chi connectivity index (χ3v) is 4.99. The van der Waals surface area contributed by atoms with Crippen LogP contribution in [0.3, 0.4) is 0 Å². The quantitative estimate of drug-likeness (QED) is 0.858. The fourth-order valence-electron chi connectivity index (χ4n) is 3.67. The molecule has 0 radical (unpaired) electrons. The molecule has 1 heterocycles. The van der Waals surface area contributed by atoms with Crippen LogP contribution in [0.5, 0.6) is 0 Å². The molecule has 1 aliphatic carbocycles. The minimum Gasteiger partial charge on any atom is -0.444 e. The van der Waals surface area contributed by atoms with Crippen LogP contribution in [0.1, 0.15) is 66.2 Å². The molecular formula is C18H34N2O2. The Bertz CT molecular complexity index is 365. The van der Waals surface area contributed by atoms with Gasteiger partial charge in [-0.25, -0.2) is 4.79 Å². The minimum absolute atomic E-state index is 0.154. The summed E-state index contributed by atoms with van der Waals surface area (Å²) in [6.45, 7) is 10.8. The molecule has 1 amide bonds. The largest absolute Gasteiger partial charge is 0.444 e. The van der Waals surface area contributed by atoms with Crippen molar-refractivity contribution in [1.29, 1.82) is 0 Å². The van der Waals surface area contributed by atoms with Crippen molar-refractivity contribution in [1.82, 2.24) is 10.2 Å². The van der Waals surface area contributed by atoms with Crippen molar-refractivity contribution >= 4 is 6.09 Å². The maximum Gasteiger partial charge on any atom is 0.410 e. The van der Waals surface area contributed by atoms with Crippen molar-refractivity contribution in [3.05, 3.63) is 0 Å². The summed E-state index contributed by atoms with van der Waals surface area (Å²) < 4.78 is 5.46. The third kappa shape index (κ3) is 5.45. The summed E-state index contributed by atoms with van der Waals surface area (Å²) in [4.78, 5) is 13.9. The Balaban J connectivity index is 1.69. The first-order valence-electron chi connectivity index (χ1n) is 9.08. The number of carbonyl (C=O) groups excluding carboxylic acids is 1. The molecule has 2 aliphatic rings. The highest BCUT2D eigenvalue weighted by Gasteiger charge is 2.30. The SMILES string of the molecule is CCC1CCCC(NCC2CCN(C(=O)OC(C)(C)C)C2)C1. The Labute approximate surface area is 136 Å². The summed E-state index contributed by atoms with van der Waals surface area (Å²) in [6, 6.07) is 0.689. The molecule has 0 aromatic carbocycles. The lowest BCUT2D eigenvalue weighted by Gasteiger charge is -2.30. The first kappa shape index (κ1) is 17.6. The molecule has 1 aliphatic heterocycles. The van der Waals surface area contributed by atoms with Gasteiger partial charge < -0.3 is 15.0 Å². The molecule has 0 aromatic heterocycles. The molecule has 1 saturated carbocycles. The second kappa shape index (κ2) is 7.67. The Kier molecular flexibility index (Phi) is 6.13. The van der Waals surface area contributed by atoms with E-state index in [1.165, 1.54) is 32.1 Å². The van der Waals surface area contributed by atoms with E-state index in [9.17, 15) is 4.79 Å². The minimum atomic E-state index is -0.398. The van der Waals surface area contributed by atoms with Gasteiger partial charge in [0.15, 0.2) is 0 Å². The average Bonchev–Trinajstić information content (AvgIpc) is 2.92. The highest BCUT2D eigenvalue weighted by atomic mass is 16.6. The fraction of sp³-hybridized carbons (Fsp3) is 0.944. The predicted molar refractivity (Wildman–Crippen MR) is 90.0 cm³/mol. The van der Waals surface area contributed by atoms with E-state index in [1.807, 2.05) is 25.7 Å². The van der Waals surface area contributed by atoms with Crippen molar-refractivity contribution in [2.75, 3.05) is 19.6 Å². The number of amides is 1. The second-order valence-corrected chi connectivity index (χ2v) is 8.13. The van der Waals surface area contributed by atoms with Crippen LogP contribution in [-0.2, 0) is 4.74 Å². The van der Waals surface area contributed by atoms with Crippen LogP contribution in [0, 0.1) is 11.8 Å². The summed E-state index contributed by atoms with van der Waals surface area (Å²) in [5, 5.41) is 3.76. The lowest BCUT2D eigenvalue weighted by molar-refractivity contribution is 0.0288. The smallest absolute Gasteiger partial charge is 0.410 e. The van der Waals surface area contributed by atoms with E-state index in [4.69, 9.17) is 4.74 Å². The standard InChI is InChI=1S/C18H34N2O2/c1-5-14-7-6-8-16(11-14)19-12-15-9-10-20(13-15)17(21)22-18(2,3)4/h14-16,19H,5-13H2,1-4H3. The molecule has 1 saturated heterocycles. The van der Waals surface area contributed by atoms with Gasteiger partial charge in [0.05, 0.1) is 0 Å². The molecule has 4 nitrogen and oxygen atoms in total. The van der Waals surface area contributed by atoms with Crippen LogP contribution in [0.2, 0.25) is 0 Å². The molecule has 1 N–H and O–H groups in total. The van der Waals surface area contributed by atoms with Gasteiger partial charge in [-0.15, -0.1) is 0 Å². The van der Waals surface area contributed by atoms with E-state index < -0.39 is 5.60 Å². The van der Waals surface area contributed by atoms with E-state index in [1.54, 1.807) is 0 Å². The van der Waals surface area contributed by atoms with Crippen LogP contribution < -0.4 is 5.32 Å². The van der Waals surface area contributed by atoms with Gasteiger partial charge in [-0.2, -0.15) is 0 Å².